The Balaban J connectivity index is 1.77. The zero-order valence-corrected chi connectivity index (χ0v) is 18.3. The van der Waals surface area contributed by atoms with Crippen LogP contribution in [0.4, 0.5) is 0 Å². The Morgan fingerprint density at radius 1 is 1.11 bits per heavy atom. The molecule has 0 aliphatic carbocycles. The van der Waals surface area contributed by atoms with E-state index in [1.807, 2.05) is 36.0 Å². The van der Waals surface area contributed by atoms with Gasteiger partial charge >= 0.3 is 0 Å². The van der Waals surface area contributed by atoms with E-state index in [9.17, 15) is 13.2 Å². The molecule has 0 unspecified atom stereocenters. The Bertz CT molecular complexity index is 720. The molecule has 1 aliphatic rings. The third-order valence-electron chi connectivity index (χ3n) is 4.35. The largest absolute Gasteiger partial charge is 0.351 e. The van der Waals surface area contributed by atoms with Gasteiger partial charge in [-0.05, 0) is 17.7 Å². The van der Waals surface area contributed by atoms with Crippen LogP contribution in [0.5, 0.6) is 0 Å². The normalized spacial score (nSPS) is 17.0. The van der Waals surface area contributed by atoms with E-state index in [0.717, 1.165) is 31.0 Å². The van der Waals surface area contributed by atoms with E-state index in [-0.39, 0.29) is 10.7 Å². The number of sulfonamides is 1. The molecule has 0 atom stereocenters. The van der Waals surface area contributed by atoms with Gasteiger partial charge in [-0.3, -0.25) is 9.69 Å². The van der Waals surface area contributed by atoms with Crippen LogP contribution in [0.1, 0.15) is 36.7 Å². The Labute approximate surface area is 167 Å². The number of nitrogens with zero attached hydrogens (tertiary/aromatic N) is 2. The van der Waals surface area contributed by atoms with Gasteiger partial charge in [0.2, 0.25) is 10.0 Å². The number of rotatable bonds is 7. The summed E-state index contributed by atoms with van der Waals surface area (Å²) in [4.78, 5) is 14.4. The van der Waals surface area contributed by atoms with E-state index in [1.54, 1.807) is 0 Å². The molecule has 1 N–H and O–H groups in total. The van der Waals surface area contributed by atoms with Gasteiger partial charge in [-0.15, -0.1) is 0 Å². The Kier molecular flexibility index (Phi) is 7.73. The van der Waals surface area contributed by atoms with Gasteiger partial charge in [0.1, 0.15) is 0 Å². The predicted octanol–water partition coefficient (Wildman–Crippen LogP) is 2.03. The molecule has 0 saturated carbocycles. The van der Waals surface area contributed by atoms with Crippen LogP contribution in [0, 0.1) is 0 Å². The summed E-state index contributed by atoms with van der Waals surface area (Å²) in [5.41, 5.74) is 1.80. The lowest BCUT2D eigenvalue weighted by Gasteiger charge is -2.33. The van der Waals surface area contributed by atoms with Crippen molar-refractivity contribution in [1.82, 2.24) is 14.5 Å². The molecule has 152 valence electrons. The molecule has 0 radical (unpaired) electrons. The van der Waals surface area contributed by atoms with Gasteiger partial charge in [0.25, 0.3) is 5.91 Å². The molecule has 1 saturated heterocycles. The van der Waals surface area contributed by atoms with E-state index >= 15 is 0 Å². The minimum Gasteiger partial charge on any atom is -0.351 e. The maximum Gasteiger partial charge on any atom is 0.251 e. The van der Waals surface area contributed by atoms with Crippen molar-refractivity contribution in [3.05, 3.63) is 35.4 Å². The standard InChI is InChI=1S/C19H31N3O3S2/c1-19(2,3)26-14-9-20-18(23)17-7-5-16(6-8-17)15-21-10-12-22(13-11-21)27(4,24)25/h5-8H,9-15H2,1-4H3,(H,20,23). The van der Waals surface area contributed by atoms with E-state index in [4.69, 9.17) is 0 Å². The number of carbonyl (C=O) groups is 1. The van der Waals surface area contributed by atoms with Crippen molar-refractivity contribution < 1.29 is 13.2 Å². The highest BCUT2D eigenvalue weighted by Gasteiger charge is 2.23. The zero-order chi connectivity index (χ0) is 20.1. The fourth-order valence-corrected chi connectivity index (χ4v) is 4.51. The topological polar surface area (TPSA) is 69.7 Å². The fourth-order valence-electron chi connectivity index (χ4n) is 2.86. The van der Waals surface area contributed by atoms with Crippen molar-refractivity contribution in [3.63, 3.8) is 0 Å². The fraction of sp³-hybridized carbons (Fsp3) is 0.632. The number of carbonyl (C=O) groups excluding carboxylic acids is 1. The summed E-state index contributed by atoms with van der Waals surface area (Å²) in [5, 5.41) is 2.96. The summed E-state index contributed by atoms with van der Waals surface area (Å²) in [6.45, 7) is 10.4. The van der Waals surface area contributed by atoms with Crippen molar-refractivity contribution >= 4 is 27.7 Å². The highest BCUT2D eigenvalue weighted by molar-refractivity contribution is 8.00. The molecule has 2 rings (SSSR count). The summed E-state index contributed by atoms with van der Waals surface area (Å²) in [6, 6.07) is 7.66. The molecule has 0 bridgehead atoms. The van der Waals surface area contributed by atoms with Crippen LogP contribution in [-0.2, 0) is 16.6 Å². The van der Waals surface area contributed by atoms with Crippen molar-refractivity contribution in [2.75, 3.05) is 44.7 Å². The SMILES string of the molecule is CC(C)(C)SCCNC(=O)c1ccc(CN2CCN(S(C)(=O)=O)CC2)cc1. The summed E-state index contributed by atoms with van der Waals surface area (Å²) in [6.07, 6.45) is 1.26. The van der Waals surface area contributed by atoms with Crippen LogP contribution in [-0.4, -0.2) is 73.0 Å². The first-order chi connectivity index (χ1) is 12.5. The van der Waals surface area contributed by atoms with Crippen molar-refractivity contribution in [2.45, 2.75) is 32.1 Å². The molecular weight excluding hydrogens is 382 g/mol. The minimum atomic E-state index is -3.09. The Morgan fingerprint density at radius 3 is 2.22 bits per heavy atom. The highest BCUT2D eigenvalue weighted by Crippen LogP contribution is 2.22. The first-order valence-corrected chi connectivity index (χ1v) is 12.1. The molecular formula is C19H31N3O3S2. The van der Waals surface area contributed by atoms with E-state index in [0.29, 0.717) is 25.2 Å². The van der Waals surface area contributed by atoms with Gasteiger partial charge in [0, 0.05) is 55.3 Å². The first kappa shape index (κ1) is 22.2. The monoisotopic (exact) mass is 413 g/mol. The summed E-state index contributed by atoms with van der Waals surface area (Å²) < 4.78 is 24.9. The second-order valence-corrected chi connectivity index (χ2v) is 11.8. The second-order valence-electron chi connectivity index (χ2n) is 7.85. The lowest BCUT2D eigenvalue weighted by molar-refractivity contribution is 0.0956. The van der Waals surface area contributed by atoms with Gasteiger partial charge in [0.15, 0.2) is 0 Å². The number of piperazine rings is 1. The van der Waals surface area contributed by atoms with Crippen molar-refractivity contribution in [1.29, 1.82) is 0 Å². The number of amides is 1. The van der Waals surface area contributed by atoms with Crippen molar-refractivity contribution in [3.8, 4) is 0 Å². The molecule has 0 spiro atoms. The molecule has 8 heteroatoms. The summed E-state index contributed by atoms with van der Waals surface area (Å²) in [7, 11) is -3.09. The molecule has 0 aromatic heterocycles. The molecule has 1 heterocycles. The van der Waals surface area contributed by atoms with Crippen LogP contribution in [0.15, 0.2) is 24.3 Å². The molecule has 1 amide bonds. The number of hydrogen-bond donors (Lipinski definition) is 1. The Hall–Kier alpha value is -1.09. The number of thioether (sulfide) groups is 1. The van der Waals surface area contributed by atoms with Crippen LogP contribution in [0.2, 0.25) is 0 Å². The van der Waals surface area contributed by atoms with Gasteiger partial charge in [-0.25, -0.2) is 8.42 Å². The van der Waals surface area contributed by atoms with Crippen LogP contribution in [0.25, 0.3) is 0 Å². The van der Waals surface area contributed by atoms with Crippen LogP contribution in [0.3, 0.4) is 0 Å². The van der Waals surface area contributed by atoms with Crippen molar-refractivity contribution in [2.24, 2.45) is 0 Å². The average Bonchev–Trinajstić information content (AvgIpc) is 2.58. The van der Waals surface area contributed by atoms with E-state index in [2.05, 4.69) is 31.0 Å². The molecule has 1 aliphatic heterocycles. The second kappa shape index (κ2) is 9.41. The number of hydrogen-bond acceptors (Lipinski definition) is 5. The maximum absolute atomic E-state index is 12.2. The van der Waals surface area contributed by atoms with Crippen LogP contribution < -0.4 is 5.32 Å². The lowest BCUT2D eigenvalue weighted by atomic mass is 10.1. The third-order valence-corrected chi connectivity index (χ3v) is 6.92. The molecule has 1 fully saturated rings. The zero-order valence-electron chi connectivity index (χ0n) is 16.7. The molecule has 1 aromatic carbocycles. The van der Waals surface area contributed by atoms with E-state index in [1.165, 1.54) is 10.6 Å². The molecule has 1 aromatic rings. The lowest BCUT2D eigenvalue weighted by Crippen LogP contribution is -2.47. The first-order valence-electron chi connectivity index (χ1n) is 9.23. The van der Waals surface area contributed by atoms with Gasteiger partial charge < -0.3 is 5.32 Å². The number of benzene rings is 1. The van der Waals surface area contributed by atoms with E-state index < -0.39 is 10.0 Å². The summed E-state index contributed by atoms with van der Waals surface area (Å²) >= 11 is 1.83. The molecule has 6 nitrogen and oxygen atoms in total. The quantitative estimate of drug-likeness (QED) is 0.693. The van der Waals surface area contributed by atoms with Gasteiger partial charge in [-0.1, -0.05) is 32.9 Å². The smallest absolute Gasteiger partial charge is 0.251 e. The minimum absolute atomic E-state index is 0.0437. The Morgan fingerprint density at radius 2 is 1.70 bits per heavy atom. The highest BCUT2D eigenvalue weighted by atomic mass is 32.2. The third kappa shape index (κ3) is 7.81. The van der Waals surface area contributed by atoms with Gasteiger partial charge in [0.05, 0.1) is 6.26 Å². The average molecular weight is 414 g/mol. The van der Waals surface area contributed by atoms with Crippen LogP contribution >= 0.6 is 11.8 Å². The van der Waals surface area contributed by atoms with Gasteiger partial charge in [-0.2, -0.15) is 16.1 Å². The summed E-state index contributed by atoms with van der Waals surface area (Å²) in [5.74, 6) is 0.852. The maximum atomic E-state index is 12.2. The number of nitrogens with one attached hydrogen (secondary N) is 1. The predicted molar refractivity (Wildman–Crippen MR) is 113 cm³/mol. The molecule has 27 heavy (non-hydrogen) atoms.